The predicted octanol–water partition coefficient (Wildman–Crippen LogP) is 3.38. The maximum atomic E-state index is 12.4. The van der Waals surface area contributed by atoms with Crippen LogP contribution in [-0.2, 0) is 4.74 Å². The monoisotopic (exact) mass is 362 g/mol. The number of nitrogens with zero attached hydrogens (tertiary/aromatic N) is 3. The maximum Gasteiger partial charge on any atom is 0.410 e. The summed E-state index contributed by atoms with van der Waals surface area (Å²) in [6, 6.07) is 7.57. The molecule has 2 aromatic rings. The van der Waals surface area contributed by atoms with Crippen molar-refractivity contribution in [2.24, 2.45) is 0 Å². The lowest BCUT2D eigenvalue weighted by molar-refractivity contribution is 0.0174. The maximum absolute atomic E-state index is 12.4. The van der Waals surface area contributed by atoms with E-state index in [1.54, 1.807) is 9.80 Å². The van der Waals surface area contributed by atoms with Crippen molar-refractivity contribution in [1.82, 2.24) is 14.8 Å². The molecule has 3 amide bonds. The van der Waals surface area contributed by atoms with Crippen LogP contribution in [-0.4, -0.2) is 58.7 Å². The number of aromatic nitrogens is 1. The topological polar surface area (TPSA) is 74.8 Å². The molecule has 0 radical (unpaired) electrons. The summed E-state index contributed by atoms with van der Waals surface area (Å²) in [7, 11) is 0. The van der Waals surface area contributed by atoms with E-state index in [0.29, 0.717) is 31.3 Å². The third-order valence-electron chi connectivity index (χ3n) is 3.73. The van der Waals surface area contributed by atoms with Gasteiger partial charge in [0.15, 0.2) is 5.13 Å². The van der Waals surface area contributed by atoms with Gasteiger partial charge in [-0.3, -0.25) is 5.32 Å². The summed E-state index contributed by atoms with van der Waals surface area (Å²) in [4.78, 5) is 32.2. The molecule has 25 heavy (non-hydrogen) atoms. The van der Waals surface area contributed by atoms with Gasteiger partial charge >= 0.3 is 12.1 Å². The normalized spacial score (nSPS) is 15.3. The van der Waals surface area contributed by atoms with Gasteiger partial charge in [0, 0.05) is 26.2 Å². The van der Waals surface area contributed by atoms with Crippen molar-refractivity contribution in [3.63, 3.8) is 0 Å². The number of benzene rings is 1. The fourth-order valence-corrected chi connectivity index (χ4v) is 3.37. The second kappa shape index (κ2) is 6.87. The standard InChI is InChI=1S/C17H22N4O3S/c1-17(2,3)24-16(23)21-10-8-20(9-11-21)15(22)19-14-18-12-6-4-5-7-13(12)25-14/h4-7H,8-11H2,1-3H3,(H,18,19,22). The average molecular weight is 362 g/mol. The van der Waals surface area contributed by atoms with E-state index in [4.69, 9.17) is 4.74 Å². The highest BCUT2D eigenvalue weighted by atomic mass is 32.1. The summed E-state index contributed by atoms with van der Waals surface area (Å²) in [6.07, 6.45) is -0.335. The van der Waals surface area contributed by atoms with Crippen LogP contribution >= 0.6 is 11.3 Å². The van der Waals surface area contributed by atoms with Crippen LogP contribution in [0, 0.1) is 0 Å². The number of carbonyl (C=O) groups excluding carboxylic acids is 2. The molecule has 0 aliphatic carbocycles. The van der Waals surface area contributed by atoms with Gasteiger partial charge in [-0.1, -0.05) is 23.5 Å². The summed E-state index contributed by atoms with van der Waals surface area (Å²) in [5, 5.41) is 3.43. The largest absolute Gasteiger partial charge is 0.444 e. The number of para-hydroxylation sites is 1. The highest BCUT2D eigenvalue weighted by Gasteiger charge is 2.27. The van der Waals surface area contributed by atoms with Gasteiger partial charge < -0.3 is 14.5 Å². The van der Waals surface area contributed by atoms with Crippen LogP contribution in [0.1, 0.15) is 20.8 Å². The molecule has 2 heterocycles. The van der Waals surface area contributed by atoms with Gasteiger partial charge in [0.2, 0.25) is 0 Å². The number of fused-ring (bicyclic) bond motifs is 1. The van der Waals surface area contributed by atoms with Crippen molar-refractivity contribution in [1.29, 1.82) is 0 Å². The third-order valence-corrected chi connectivity index (χ3v) is 4.68. The Labute approximate surface area is 150 Å². The van der Waals surface area contributed by atoms with Gasteiger partial charge in [-0.25, -0.2) is 14.6 Å². The smallest absolute Gasteiger partial charge is 0.410 e. The molecule has 1 aliphatic heterocycles. The number of nitrogens with one attached hydrogen (secondary N) is 1. The Bertz CT molecular complexity index is 743. The molecule has 7 nitrogen and oxygen atoms in total. The molecule has 1 saturated heterocycles. The second-order valence-corrected chi connectivity index (χ2v) is 7.90. The number of urea groups is 1. The van der Waals surface area contributed by atoms with Gasteiger partial charge in [0.25, 0.3) is 0 Å². The van der Waals surface area contributed by atoms with Crippen molar-refractivity contribution < 1.29 is 14.3 Å². The Hall–Kier alpha value is -2.35. The van der Waals surface area contributed by atoms with Crippen LogP contribution in [0.5, 0.6) is 0 Å². The SMILES string of the molecule is CC(C)(C)OC(=O)N1CCN(C(=O)Nc2nc3ccccc3s2)CC1. The molecular weight excluding hydrogens is 340 g/mol. The number of piperazine rings is 1. The molecule has 1 aliphatic rings. The van der Waals surface area contributed by atoms with E-state index in [1.165, 1.54) is 11.3 Å². The van der Waals surface area contributed by atoms with Gasteiger partial charge in [-0.15, -0.1) is 0 Å². The number of anilines is 1. The summed E-state index contributed by atoms with van der Waals surface area (Å²) in [5.41, 5.74) is 0.357. The number of hydrogen-bond acceptors (Lipinski definition) is 5. The van der Waals surface area contributed by atoms with E-state index in [0.717, 1.165) is 10.2 Å². The lowest BCUT2D eigenvalue weighted by Gasteiger charge is -2.35. The molecule has 0 saturated carbocycles. The molecule has 1 fully saturated rings. The molecule has 8 heteroatoms. The van der Waals surface area contributed by atoms with Gasteiger partial charge in [0.05, 0.1) is 10.2 Å². The molecule has 0 atom stereocenters. The van der Waals surface area contributed by atoms with E-state index in [2.05, 4.69) is 10.3 Å². The molecule has 1 aromatic heterocycles. The van der Waals surface area contributed by atoms with Gasteiger partial charge in [-0.2, -0.15) is 0 Å². The van der Waals surface area contributed by atoms with E-state index < -0.39 is 5.60 Å². The average Bonchev–Trinajstić information content (AvgIpc) is 2.95. The van der Waals surface area contributed by atoms with Crippen molar-refractivity contribution in [2.75, 3.05) is 31.5 Å². The fraction of sp³-hybridized carbons (Fsp3) is 0.471. The van der Waals surface area contributed by atoms with Gasteiger partial charge in [-0.05, 0) is 32.9 Å². The van der Waals surface area contributed by atoms with Crippen molar-refractivity contribution in [2.45, 2.75) is 26.4 Å². The minimum Gasteiger partial charge on any atom is -0.444 e. The summed E-state index contributed by atoms with van der Waals surface area (Å²) < 4.78 is 6.40. The number of rotatable bonds is 1. The molecular formula is C17H22N4O3S. The van der Waals surface area contributed by atoms with E-state index in [9.17, 15) is 9.59 Å². The first-order valence-electron chi connectivity index (χ1n) is 8.21. The second-order valence-electron chi connectivity index (χ2n) is 6.87. The minimum atomic E-state index is -0.515. The number of carbonyl (C=O) groups is 2. The first kappa shape index (κ1) is 17.5. The number of amides is 3. The Balaban J connectivity index is 1.54. The molecule has 3 rings (SSSR count). The summed E-state index contributed by atoms with van der Waals surface area (Å²) in [6.45, 7) is 7.38. The Morgan fingerprint density at radius 3 is 2.40 bits per heavy atom. The number of thiazole rings is 1. The predicted molar refractivity (Wildman–Crippen MR) is 98.0 cm³/mol. The molecule has 1 aromatic carbocycles. The number of hydrogen-bond donors (Lipinski definition) is 1. The Morgan fingerprint density at radius 2 is 1.76 bits per heavy atom. The first-order valence-corrected chi connectivity index (χ1v) is 9.03. The third kappa shape index (κ3) is 4.39. The lowest BCUT2D eigenvalue weighted by Crippen LogP contribution is -2.52. The zero-order chi connectivity index (χ0) is 18.0. The van der Waals surface area contributed by atoms with Crippen molar-refractivity contribution in [3.05, 3.63) is 24.3 Å². The highest BCUT2D eigenvalue weighted by molar-refractivity contribution is 7.22. The van der Waals surface area contributed by atoms with E-state index in [1.807, 2.05) is 45.0 Å². The minimum absolute atomic E-state index is 0.192. The van der Waals surface area contributed by atoms with Gasteiger partial charge in [0.1, 0.15) is 5.60 Å². The summed E-state index contributed by atoms with van der Waals surface area (Å²) in [5.74, 6) is 0. The molecule has 1 N–H and O–H groups in total. The zero-order valence-corrected chi connectivity index (χ0v) is 15.4. The van der Waals surface area contributed by atoms with Crippen molar-refractivity contribution in [3.8, 4) is 0 Å². The van der Waals surface area contributed by atoms with Crippen LogP contribution in [0.3, 0.4) is 0 Å². The first-order chi connectivity index (χ1) is 11.8. The zero-order valence-electron chi connectivity index (χ0n) is 14.6. The van der Waals surface area contributed by atoms with E-state index >= 15 is 0 Å². The van der Waals surface area contributed by atoms with E-state index in [-0.39, 0.29) is 12.1 Å². The van der Waals surface area contributed by atoms with Crippen LogP contribution in [0.2, 0.25) is 0 Å². The Morgan fingerprint density at radius 1 is 1.12 bits per heavy atom. The van der Waals surface area contributed by atoms with Crippen molar-refractivity contribution >= 4 is 38.8 Å². The van der Waals surface area contributed by atoms with Crippen LogP contribution in [0.4, 0.5) is 14.7 Å². The molecule has 134 valence electrons. The van der Waals surface area contributed by atoms with Crippen LogP contribution in [0.15, 0.2) is 24.3 Å². The van der Waals surface area contributed by atoms with Crippen LogP contribution in [0.25, 0.3) is 10.2 Å². The lowest BCUT2D eigenvalue weighted by atomic mass is 10.2. The molecule has 0 spiro atoms. The molecule has 0 bridgehead atoms. The quantitative estimate of drug-likeness (QED) is 0.844. The number of ether oxygens (including phenoxy) is 1. The summed E-state index contributed by atoms with van der Waals surface area (Å²) >= 11 is 1.45. The van der Waals surface area contributed by atoms with Crippen LogP contribution < -0.4 is 5.32 Å². The molecule has 0 unspecified atom stereocenters. The highest BCUT2D eigenvalue weighted by Crippen LogP contribution is 2.25. The fourth-order valence-electron chi connectivity index (χ4n) is 2.51. The Kier molecular flexibility index (Phi) is 4.80.